The molecule has 0 bridgehead atoms. The minimum atomic E-state index is -0.553. The number of nitrogens with zero attached hydrogens (tertiary/aromatic N) is 4. The van der Waals surface area contributed by atoms with E-state index in [1.165, 1.54) is 0 Å². The second kappa shape index (κ2) is 9.01. The van der Waals surface area contributed by atoms with Crippen LogP contribution in [-0.4, -0.2) is 58.9 Å². The van der Waals surface area contributed by atoms with E-state index in [0.29, 0.717) is 44.2 Å². The second-order valence-electron chi connectivity index (χ2n) is 9.31. The maximum Gasteiger partial charge on any atom is 0.410 e. The van der Waals surface area contributed by atoms with Gasteiger partial charge in [-0.2, -0.15) is 0 Å². The zero-order valence-corrected chi connectivity index (χ0v) is 19.1. The summed E-state index contributed by atoms with van der Waals surface area (Å²) in [5.74, 6) is 1.49. The molecule has 1 saturated heterocycles. The third kappa shape index (κ3) is 4.85. The Balaban J connectivity index is 1.72. The van der Waals surface area contributed by atoms with Crippen LogP contribution in [0, 0.1) is 5.21 Å². The van der Waals surface area contributed by atoms with E-state index in [0.717, 1.165) is 34.7 Å². The molecule has 1 amide bonds. The number of morpholine rings is 1. The standard InChI is InChI=1S/C23H31N5O4/c1-15-14-31-12-11-28(15)21-18-9-10-27(22(29)32-23(2,3)4)13-19(18)24-20(25-21)16-5-7-17(26-30)8-6-16/h5-8,15H,9-14,26H2,1-4H3/t15-/m0/s1. The van der Waals surface area contributed by atoms with Crippen molar-refractivity contribution in [2.75, 3.05) is 31.2 Å². The third-order valence-corrected chi connectivity index (χ3v) is 5.64. The number of aromatic nitrogens is 2. The Bertz CT molecular complexity index is 974. The van der Waals surface area contributed by atoms with E-state index in [9.17, 15) is 10.0 Å². The lowest BCUT2D eigenvalue weighted by Crippen LogP contribution is -2.70. The summed E-state index contributed by atoms with van der Waals surface area (Å²) >= 11 is 0. The zero-order chi connectivity index (χ0) is 22.9. The summed E-state index contributed by atoms with van der Waals surface area (Å²) in [6.45, 7) is 10.7. The molecule has 1 atom stereocenters. The van der Waals surface area contributed by atoms with Crippen LogP contribution < -0.4 is 10.4 Å². The highest BCUT2D eigenvalue weighted by Crippen LogP contribution is 2.32. The minimum Gasteiger partial charge on any atom is -0.630 e. The van der Waals surface area contributed by atoms with Crippen molar-refractivity contribution in [2.24, 2.45) is 0 Å². The summed E-state index contributed by atoms with van der Waals surface area (Å²) in [6, 6.07) is 7.42. The SMILES string of the molecule is C[C@H]1COCCN1c1nc(-c2ccc([NH2+][O-])cc2)nc2c1CCN(C(=O)OC(C)(C)C)C2. The second-order valence-corrected chi connectivity index (χ2v) is 9.31. The van der Waals surface area contributed by atoms with Crippen LogP contribution >= 0.6 is 0 Å². The van der Waals surface area contributed by atoms with Gasteiger partial charge in [0.25, 0.3) is 0 Å². The van der Waals surface area contributed by atoms with Gasteiger partial charge in [-0.3, -0.25) is 0 Å². The first-order chi connectivity index (χ1) is 15.2. The number of hydrogen-bond acceptors (Lipinski definition) is 7. The average Bonchev–Trinajstić information content (AvgIpc) is 2.77. The van der Waals surface area contributed by atoms with Crippen molar-refractivity contribution in [1.29, 1.82) is 0 Å². The number of quaternary nitrogens is 1. The third-order valence-electron chi connectivity index (χ3n) is 5.64. The van der Waals surface area contributed by atoms with Crippen LogP contribution in [0.3, 0.4) is 0 Å². The van der Waals surface area contributed by atoms with Crippen molar-refractivity contribution in [1.82, 2.24) is 14.9 Å². The molecule has 172 valence electrons. The lowest BCUT2D eigenvalue weighted by Gasteiger charge is -2.38. The maximum absolute atomic E-state index is 12.7. The van der Waals surface area contributed by atoms with Crippen molar-refractivity contribution in [3.8, 4) is 11.4 Å². The summed E-state index contributed by atoms with van der Waals surface area (Å²) in [5.41, 5.74) is 3.60. The van der Waals surface area contributed by atoms with E-state index in [-0.39, 0.29) is 12.1 Å². The Labute approximate surface area is 188 Å². The molecule has 0 spiro atoms. The van der Waals surface area contributed by atoms with Crippen LogP contribution in [-0.2, 0) is 22.4 Å². The van der Waals surface area contributed by atoms with E-state index in [1.54, 1.807) is 17.0 Å². The predicted molar refractivity (Wildman–Crippen MR) is 120 cm³/mol. The van der Waals surface area contributed by atoms with Gasteiger partial charge < -0.3 is 30.0 Å². The van der Waals surface area contributed by atoms with Crippen LogP contribution in [0.1, 0.15) is 39.0 Å². The molecule has 2 aromatic rings. The number of amides is 1. The van der Waals surface area contributed by atoms with Gasteiger partial charge in [-0.15, -0.1) is 0 Å². The molecule has 1 fully saturated rings. The average molecular weight is 442 g/mol. The van der Waals surface area contributed by atoms with E-state index in [1.807, 2.05) is 32.9 Å². The van der Waals surface area contributed by atoms with E-state index >= 15 is 0 Å². The zero-order valence-electron chi connectivity index (χ0n) is 19.1. The number of rotatable bonds is 3. The summed E-state index contributed by atoms with van der Waals surface area (Å²) < 4.78 is 11.2. The van der Waals surface area contributed by atoms with Crippen molar-refractivity contribution in [3.63, 3.8) is 0 Å². The first kappa shape index (κ1) is 22.4. The lowest BCUT2D eigenvalue weighted by atomic mass is 10.0. The molecule has 0 radical (unpaired) electrons. The molecule has 32 heavy (non-hydrogen) atoms. The summed E-state index contributed by atoms with van der Waals surface area (Å²) in [6.07, 6.45) is 0.332. The van der Waals surface area contributed by atoms with Gasteiger partial charge in [0.1, 0.15) is 17.1 Å². The van der Waals surface area contributed by atoms with E-state index < -0.39 is 5.60 Å². The number of hydrogen-bond donors (Lipinski definition) is 1. The Kier molecular flexibility index (Phi) is 6.32. The van der Waals surface area contributed by atoms with Crippen LogP contribution in [0.2, 0.25) is 0 Å². The van der Waals surface area contributed by atoms with Crippen LogP contribution in [0.4, 0.5) is 16.3 Å². The monoisotopic (exact) mass is 441 g/mol. The van der Waals surface area contributed by atoms with Gasteiger partial charge in [-0.25, -0.2) is 14.8 Å². The number of nitrogens with two attached hydrogens (primary N) is 1. The van der Waals surface area contributed by atoms with Gasteiger partial charge in [-0.05, 0) is 58.4 Å². The molecular formula is C23H31N5O4. The highest BCUT2D eigenvalue weighted by atomic mass is 16.6. The molecule has 0 saturated carbocycles. The maximum atomic E-state index is 12.7. The van der Waals surface area contributed by atoms with Gasteiger partial charge >= 0.3 is 6.09 Å². The van der Waals surface area contributed by atoms with Gasteiger partial charge in [0.15, 0.2) is 5.82 Å². The minimum absolute atomic E-state index is 0.192. The Hall–Kier alpha value is -2.75. The molecule has 2 N–H and O–H groups in total. The summed E-state index contributed by atoms with van der Waals surface area (Å²) in [4.78, 5) is 26.5. The fourth-order valence-electron chi connectivity index (χ4n) is 4.01. The van der Waals surface area contributed by atoms with Gasteiger partial charge in [0.05, 0.1) is 31.5 Å². The fourth-order valence-corrected chi connectivity index (χ4v) is 4.01. The molecule has 0 aliphatic carbocycles. The molecule has 2 aliphatic heterocycles. The normalized spacial score (nSPS) is 19.0. The Morgan fingerprint density at radius 2 is 1.97 bits per heavy atom. The number of fused-ring (bicyclic) bond motifs is 1. The molecule has 3 heterocycles. The number of anilines is 1. The van der Waals surface area contributed by atoms with Crippen molar-refractivity contribution < 1.29 is 19.7 Å². The first-order valence-corrected chi connectivity index (χ1v) is 11.0. The number of carbonyl (C=O) groups excluding carboxylic acids is 1. The van der Waals surface area contributed by atoms with Crippen molar-refractivity contribution in [3.05, 3.63) is 40.7 Å². The van der Waals surface area contributed by atoms with Gasteiger partial charge in [-0.1, -0.05) is 0 Å². The van der Waals surface area contributed by atoms with Crippen LogP contribution in [0.25, 0.3) is 11.4 Å². The highest BCUT2D eigenvalue weighted by Gasteiger charge is 2.32. The van der Waals surface area contributed by atoms with Crippen LogP contribution in [0.5, 0.6) is 0 Å². The topological polar surface area (TPSA) is 107 Å². The number of benzene rings is 1. The Morgan fingerprint density at radius 1 is 1.22 bits per heavy atom. The van der Waals surface area contributed by atoms with Gasteiger partial charge in [0, 0.05) is 24.2 Å². The Morgan fingerprint density at radius 3 is 2.62 bits per heavy atom. The molecule has 4 rings (SSSR count). The first-order valence-electron chi connectivity index (χ1n) is 11.0. The molecule has 2 aliphatic rings. The number of ether oxygens (including phenoxy) is 2. The predicted octanol–water partition coefficient (Wildman–Crippen LogP) is 2.35. The summed E-state index contributed by atoms with van der Waals surface area (Å²) in [5, 5.41) is 11.0. The van der Waals surface area contributed by atoms with Crippen LogP contribution in [0.15, 0.2) is 24.3 Å². The molecular weight excluding hydrogens is 410 g/mol. The quantitative estimate of drug-likeness (QED) is 0.575. The van der Waals surface area contributed by atoms with Crippen molar-refractivity contribution >= 4 is 17.6 Å². The van der Waals surface area contributed by atoms with Gasteiger partial charge in [0.2, 0.25) is 0 Å². The van der Waals surface area contributed by atoms with E-state index in [2.05, 4.69) is 11.8 Å². The molecule has 1 aromatic carbocycles. The smallest absolute Gasteiger partial charge is 0.410 e. The molecule has 9 heteroatoms. The summed E-state index contributed by atoms with van der Waals surface area (Å²) in [7, 11) is 0. The lowest BCUT2D eigenvalue weighted by molar-refractivity contribution is -0.497. The number of carbonyl (C=O) groups is 1. The highest BCUT2D eigenvalue weighted by molar-refractivity contribution is 5.69. The molecule has 0 unspecified atom stereocenters. The molecule has 9 nitrogen and oxygen atoms in total. The largest absolute Gasteiger partial charge is 0.630 e. The fraction of sp³-hybridized carbons (Fsp3) is 0.522. The molecule has 1 aromatic heterocycles. The van der Waals surface area contributed by atoms with Crippen molar-refractivity contribution in [2.45, 2.75) is 52.3 Å². The van der Waals surface area contributed by atoms with E-state index in [4.69, 9.17) is 19.4 Å².